The van der Waals surface area contributed by atoms with E-state index in [9.17, 15) is 4.79 Å². The Morgan fingerprint density at radius 1 is 0.773 bits per heavy atom. The maximum Gasteiger partial charge on any atom is 0.343 e. The molecule has 3 rings (SSSR count). The van der Waals surface area contributed by atoms with Crippen molar-refractivity contribution in [3.63, 3.8) is 0 Å². The number of hydrogen-bond donors (Lipinski definition) is 0. The summed E-state index contributed by atoms with van der Waals surface area (Å²) in [5.41, 5.74) is 2.53. The number of carbonyl (C=O) groups excluding carboxylic acids is 1. The van der Waals surface area contributed by atoms with Crippen LogP contribution in [0.2, 0.25) is 5.02 Å². The van der Waals surface area contributed by atoms with Crippen molar-refractivity contribution in [2.45, 2.75) is 0 Å². The third-order valence-electron chi connectivity index (χ3n) is 3.25. The highest BCUT2D eigenvalue weighted by molar-refractivity contribution is 6.32. The van der Waals surface area contributed by atoms with Crippen molar-refractivity contribution >= 4 is 17.6 Å². The van der Waals surface area contributed by atoms with Crippen molar-refractivity contribution in [2.24, 2.45) is 0 Å². The highest BCUT2D eigenvalue weighted by Gasteiger charge is 2.11. The predicted molar refractivity (Wildman–Crippen MR) is 88.3 cm³/mol. The van der Waals surface area contributed by atoms with Crippen LogP contribution in [0.1, 0.15) is 10.4 Å². The molecular weight excluding hydrogens is 296 g/mol. The molecule has 3 aromatic carbocycles. The molecule has 0 fully saturated rings. The van der Waals surface area contributed by atoms with Crippen LogP contribution in [0.25, 0.3) is 11.1 Å². The van der Waals surface area contributed by atoms with Crippen molar-refractivity contribution in [2.75, 3.05) is 0 Å². The zero-order valence-corrected chi connectivity index (χ0v) is 12.5. The summed E-state index contributed by atoms with van der Waals surface area (Å²) < 4.78 is 5.35. The van der Waals surface area contributed by atoms with E-state index in [-0.39, 0.29) is 0 Å². The van der Waals surface area contributed by atoms with Crippen LogP contribution in [0.4, 0.5) is 0 Å². The summed E-state index contributed by atoms with van der Waals surface area (Å²) in [5, 5.41) is 0.408. The fourth-order valence-corrected chi connectivity index (χ4v) is 2.35. The van der Waals surface area contributed by atoms with Crippen molar-refractivity contribution in [3.8, 4) is 16.9 Å². The number of hydrogen-bond acceptors (Lipinski definition) is 2. The standard InChI is InChI=1S/C19H13ClO2/c20-17-13-16(14-7-3-1-4-8-14)11-12-18(17)22-19(21)15-9-5-2-6-10-15/h1-13H. The molecule has 0 aliphatic carbocycles. The lowest BCUT2D eigenvalue weighted by molar-refractivity contribution is 0.0735. The van der Waals surface area contributed by atoms with E-state index in [1.54, 1.807) is 36.4 Å². The molecule has 0 amide bonds. The minimum Gasteiger partial charge on any atom is -0.421 e. The number of esters is 1. The molecule has 3 heteroatoms. The molecule has 0 unspecified atom stereocenters. The zero-order valence-electron chi connectivity index (χ0n) is 11.7. The summed E-state index contributed by atoms with van der Waals surface area (Å²) in [6.07, 6.45) is 0. The molecule has 2 nitrogen and oxygen atoms in total. The lowest BCUT2D eigenvalue weighted by Crippen LogP contribution is -2.08. The van der Waals surface area contributed by atoms with Gasteiger partial charge < -0.3 is 4.74 Å². The number of benzene rings is 3. The van der Waals surface area contributed by atoms with Gasteiger partial charge in [0.25, 0.3) is 0 Å². The highest BCUT2D eigenvalue weighted by atomic mass is 35.5. The Balaban J connectivity index is 1.83. The third-order valence-corrected chi connectivity index (χ3v) is 3.55. The van der Waals surface area contributed by atoms with Crippen molar-refractivity contribution in [3.05, 3.63) is 89.4 Å². The second-order valence-corrected chi connectivity index (χ2v) is 5.17. The first-order valence-corrected chi connectivity index (χ1v) is 7.24. The first kappa shape index (κ1) is 14.4. The summed E-state index contributed by atoms with van der Waals surface area (Å²) in [4.78, 5) is 12.0. The lowest BCUT2D eigenvalue weighted by atomic mass is 10.1. The fourth-order valence-electron chi connectivity index (χ4n) is 2.13. The maximum atomic E-state index is 12.0. The zero-order chi connectivity index (χ0) is 15.4. The summed E-state index contributed by atoms with van der Waals surface area (Å²) in [5.74, 6) is -0.0647. The second-order valence-electron chi connectivity index (χ2n) is 4.77. The van der Waals surface area contributed by atoms with Gasteiger partial charge in [-0.25, -0.2) is 4.79 Å². The molecule has 0 bridgehead atoms. The van der Waals surface area contributed by atoms with Crippen LogP contribution in [-0.4, -0.2) is 5.97 Å². The summed E-state index contributed by atoms with van der Waals surface area (Å²) in [6.45, 7) is 0. The molecule has 0 heterocycles. The molecule has 0 N–H and O–H groups in total. The van der Waals surface area contributed by atoms with E-state index < -0.39 is 5.97 Å². The van der Waals surface area contributed by atoms with Gasteiger partial charge in [0.05, 0.1) is 10.6 Å². The predicted octanol–water partition coefficient (Wildman–Crippen LogP) is 5.23. The number of carbonyl (C=O) groups is 1. The minimum absolute atomic E-state index is 0.357. The van der Waals surface area contributed by atoms with E-state index in [1.165, 1.54) is 0 Å². The Hall–Kier alpha value is -2.58. The molecule has 0 aliphatic heterocycles. The molecular formula is C19H13ClO2. The van der Waals surface area contributed by atoms with Crippen LogP contribution in [0.15, 0.2) is 78.9 Å². The van der Waals surface area contributed by atoms with Gasteiger partial charge in [-0.1, -0.05) is 66.2 Å². The van der Waals surface area contributed by atoms with Gasteiger partial charge in [-0.05, 0) is 35.4 Å². The largest absolute Gasteiger partial charge is 0.421 e. The van der Waals surface area contributed by atoms with Gasteiger partial charge >= 0.3 is 5.97 Å². The Morgan fingerprint density at radius 3 is 2.05 bits per heavy atom. The molecule has 0 aliphatic rings. The maximum absolute atomic E-state index is 12.0. The Labute approximate surface area is 133 Å². The number of rotatable bonds is 3. The number of ether oxygens (including phenoxy) is 1. The number of halogens is 1. The smallest absolute Gasteiger partial charge is 0.343 e. The molecule has 0 saturated heterocycles. The average Bonchev–Trinajstić information content (AvgIpc) is 2.58. The van der Waals surface area contributed by atoms with Gasteiger partial charge in [-0.15, -0.1) is 0 Å². The Kier molecular flexibility index (Phi) is 4.22. The lowest BCUT2D eigenvalue weighted by Gasteiger charge is -2.08. The molecule has 3 aromatic rings. The quantitative estimate of drug-likeness (QED) is 0.489. The van der Waals surface area contributed by atoms with Crippen LogP contribution in [-0.2, 0) is 0 Å². The minimum atomic E-state index is -0.421. The molecule has 108 valence electrons. The van der Waals surface area contributed by atoms with E-state index in [2.05, 4.69) is 0 Å². The van der Waals surface area contributed by atoms with Gasteiger partial charge in [0.15, 0.2) is 0 Å². The Bertz CT molecular complexity index is 783. The van der Waals surface area contributed by atoms with Gasteiger partial charge in [0, 0.05) is 0 Å². The molecule has 0 saturated carbocycles. The fraction of sp³-hybridized carbons (Fsp3) is 0. The molecule has 0 spiro atoms. The second kappa shape index (κ2) is 6.46. The van der Waals surface area contributed by atoms with Crippen molar-refractivity contribution in [1.29, 1.82) is 0 Å². The molecule has 0 aromatic heterocycles. The van der Waals surface area contributed by atoms with Crippen LogP contribution < -0.4 is 4.74 Å². The molecule has 22 heavy (non-hydrogen) atoms. The van der Waals surface area contributed by atoms with Gasteiger partial charge in [-0.3, -0.25) is 0 Å². The van der Waals surface area contributed by atoms with Gasteiger partial charge in [0.1, 0.15) is 5.75 Å². The monoisotopic (exact) mass is 308 g/mol. The van der Waals surface area contributed by atoms with E-state index in [4.69, 9.17) is 16.3 Å². The summed E-state index contributed by atoms with van der Waals surface area (Å²) in [6, 6.07) is 24.1. The summed E-state index contributed by atoms with van der Waals surface area (Å²) in [7, 11) is 0. The van der Waals surface area contributed by atoms with E-state index in [0.717, 1.165) is 11.1 Å². The van der Waals surface area contributed by atoms with E-state index >= 15 is 0 Å². The van der Waals surface area contributed by atoms with Crippen molar-refractivity contribution in [1.82, 2.24) is 0 Å². The van der Waals surface area contributed by atoms with E-state index in [1.807, 2.05) is 42.5 Å². The first-order chi connectivity index (χ1) is 10.7. The van der Waals surface area contributed by atoms with Crippen LogP contribution in [0, 0.1) is 0 Å². The molecule has 0 radical (unpaired) electrons. The highest BCUT2D eigenvalue weighted by Crippen LogP contribution is 2.30. The summed E-state index contributed by atoms with van der Waals surface area (Å²) >= 11 is 6.23. The van der Waals surface area contributed by atoms with Crippen LogP contribution in [0.5, 0.6) is 5.75 Å². The Morgan fingerprint density at radius 2 is 1.41 bits per heavy atom. The average molecular weight is 309 g/mol. The van der Waals surface area contributed by atoms with Crippen LogP contribution in [0.3, 0.4) is 0 Å². The SMILES string of the molecule is O=C(Oc1ccc(-c2ccccc2)cc1Cl)c1ccccc1. The van der Waals surface area contributed by atoms with E-state index in [0.29, 0.717) is 16.3 Å². The molecule has 0 atom stereocenters. The third kappa shape index (κ3) is 3.18. The van der Waals surface area contributed by atoms with Gasteiger partial charge in [0.2, 0.25) is 0 Å². The first-order valence-electron chi connectivity index (χ1n) is 6.86. The normalized spacial score (nSPS) is 10.2. The van der Waals surface area contributed by atoms with Crippen LogP contribution >= 0.6 is 11.6 Å². The van der Waals surface area contributed by atoms with Crippen molar-refractivity contribution < 1.29 is 9.53 Å². The van der Waals surface area contributed by atoms with Gasteiger partial charge in [-0.2, -0.15) is 0 Å². The topological polar surface area (TPSA) is 26.3 Å².